The molecule has 1 aliphatic rings. The third-order valence-electron chi connectivity index (χ3n) is 1.52. The van der Waals surface area contributed by atoms with Crippen LogP contribution in [0.15, 0.2) is 28.4 Å². The highest BCUT2D eigenvalue weighted by molar-refractivity contribution is 5.55. The Bertz CT molecular complexity index is 291. The van der Waals surface area contributed by atoms with Crippen LogP contribution >= 0.6 is 0 Å². The summed E-state index contributed by atoms with van der Waals surface area (Å²) in [7, 11) is 0. The van der Waals surface area contributed by atoms with Crippen molar-refractivity contribution in [2.24, 2.45) is 10.2 Å². The van der Waals surface area contributed by atoms with Crippen LogP contribution in [0.5, 0.6) is 0 Å². The molecule has 1 aliphatic heterocycles. The molecule has 0 saturated carbocycles. The number of nitrogen functional groups attached to an aromatic ring is 1. The molecule has 3 nitrogen and oxygen atoms in total. The molecule has 2 rings (SSSR count). The summed E-state index contributed by atoms with van der Waals surface area (Å²) in [4.78, 5) is 0. The minimum absolute atomic E-state index is 0.681. The lowest BCUT2D eigenvalue weighted by Crippen LogP contribution is -1.84. The average molecular weight is 133 g/mol. The van der Waals surface area contributed by atoms with E-state index in [2.05, 4.69) is 10.2 Å². The van der Waals surface area contributed by atoms with Crippen LogP contribution in [0.3, 0.4) is 0 Å². The molecule has 0 unspecified atom stereocenters. The van der Waals surface area contributed by atoms with Gasteiger partial charge < -0.3 is 5.73 Å². The minimum atomic E-state index is 0.681. The lowest BCUT2D eigenvalue weighted by Gasteiger charge is -1.94. The molecule has 0 bridgehead atoms. The molecule has 0 spiro atoms. The molecule has 1 aromatic rings. The summed E-state index contributed by atoms with van der Waals surface area (Å²) in [6, 6.07) is 5.64. The zero-order chi connectivity index (χ0) is 6.97. The van der Waals surface area contributed by atoms with Gasteiger partial charge in [0, 0.05) is 11.3 Å². The Morgan fingerprint density at radius 3 is 3.20 bits per heavy atom. The van der Waals surface area contributed by atoms with Crippen LogP contribution in [0.1, 0.15) is 5.56 Å². The molecule has 2 N–H and O–H groups in total. The molecular weight excluding hydrogens is 126 g/mol. The molecule has 10 heavy (non-hydrogen) atoms. The third-order valence-corrected chi connectivity index (χ3v) is 1.52. The van der Waals surface area contributed by atoms with E-state index in [0.717, 1.165) is 16.9 Å². The van der Waals surface area contributed by atoms with Crippen molar-refractivity contribution >= 4 is 11.4 Å². The Balaban J connectivity index is 2.59. The predicted molar refractivity (Wildman–Crippen MR) is 39.1 cm³/mol. The fraction of sp³-hybridized carbons (Fsp3) is 0.143. The number of benzene rings is 1. The topological polar surface area (TPSA) is 50.7 Å². The number of anilines is 1. The van der Waals surface area contributed by atoms with Crippen molar-refractivity contribution in [3.8, 4) is 0 Å². The number of hydrogen-bond donors (Lipinski definition) is 1. The quantitative estimate of drug-likeness (QED) is 0.539. The fourth-order valence-corrected chi connectivity index (χ4v) is 1.02. The number of hydrogen-bond acceptors (Lipinski definition) is 3. The normalized spacial score (nSPS) is 13.6. The summed E-state index contributed by atoms with van der Waals surface area (Å²) < 4.78 is 0. The van der Waals surface area contributed by atoms with Crippen molar-refractivity contribution in [2.75, 3.05) is 5.73 Å². The molecular formula is C7H7N3. The van der Waals surface area contributed by atoms with Crippen LogP contribution in [-0.2, 0) is 6.54 Å². The van der Waals surface area contributed by atoms with Gasteiger partial charge in [0.05, 0.1) is 12.2 Å². The van der Waals surface area contributed by atoms with E-state index in [-0.39, 0.29) is 0 Å². The van der Waals surface area contributed by atoms with Crippen LogP contribution in [-0.4, -0.2) is 0 Å². The van der Waals surface area contributed by atoms with E-state index < -0.39 is 0 Å². The van der Waals surface area contributed by atoms with Crippen LogP contribution in [0.4, 0.5) is 11.4 Å². The highest BCUT2D eigenvalue weighted by Gasteiger charge is 2.05. The van der Waals surface area contributed by atoms with E-state index in [9.17, 15) is 0 Å². The lowest BCUT2D eigenvalue weighted by molar-refractivity contribution is 1.04. The summed E-state index contributed by atoms with van der Waals surface area (Å²) in [5, 5.41) is 7.77. The van der Waals surface area contributed by atoms with Crippen LogP contribution < -0.4 is 5.73 Å². The first kappa shape index (κ1) is 5.41. The lowest BCUT2D eigenvalue weighted by atomic mass is 10.2. The van der Waals surface area contributed by atoms with Crippen LogP contribution in [0.25, 0.3) is 0 Å². The molecule has 0 atom stereocenters. The second-order valence-electron chi connectivity index (χ2n) is 2.29. The number of azo groups is 1. The van der Waals surface area contributed by atoms with Gasteiger partial charge in [-0.05, 0) is 18.2 Å². The van der Waals surface area contributed by atoms with E-state index in [0.29, 0.717) is 6.54 Å². The summed E-state index contributed by atoms with van der Waals surface area (Å²) >= 11 is 0. The number of fused-ring (bicyclic) bond motifs is 1. The van der Waals surface area contributed by atoms with E-state index in [4.69, 9.17) is 5.73 Å². The second kappa shape index (κ2) is 1.80. The van der Waals surface area contributed by atoms with Crippen molar-refractivity contribution in [3.63, 3.8) is 0 Å². The maximum atomic E-state index is 5.55. The molecule has 0 amide bonds. The first-order chi connectivity index (χ1) is 4.86. The number of nitrogens with two attached hydrogens (primary N) is 1. The van der Waals surface area contributed by atoms with Gasteiger partial charge >= 0.3 is 0 Å². The van der Waals surface area contributed by atoms with Gasteiger partial charge in [-0.2, -0.15) is 10.2 Å². The smallest absolute Gasteiger partial charge is 0.0905 e. The Labute approximate surface area is 58.6 Å². The SMILES string of the molecule is Nc1ccc2c(c1)CN=N2. The van der Waals surface area contributed by atoms with Gasteiger partial charge in [-0.15, -0.1) is 0 Å². The average Bonchev–Trinajstić information content (AvgIpc) is 2.33. The summed E-state index contributed by atoms with van der Waals surface area (Å²) in [5.41, 5.74) is 8.41. The molecule has 0 fully saturated rings. The first-order valence-corrected chi connectivity index (χ1v) is 3.12. The fourth-order valence-electron chi connectivity index (χ4n) is 1.02. The second-order valence-corrected chi connectivity index (χ2v) is 2.29. The number of rotatable bonds is 0. The van der Waals surface area contributed by atoms with Crippen molar-refractivity contribution in [1.29, 1.82) is 0 Å². The third kappa shape index (κ3) is 0.673. The number of nitrogens with zero attached hydrogens (tertiary/aromatic N) is 2. The summed E-state index contributed by atoms with van der Waals surface area (Å²) in [6.07, 6.45) is 0. The van der Waals surface area contributed by atoms with E-state index in [1.165, 1.54) is 0 Å². The van der Waals surface area contributed by atoms with Gasteiger partial charge in [0.2, 0.25) is 0 Å². The van der Waals surface area contributed by atoms with Crippen molar-refractivity contribution in [1.82, 2.24) is 0 Å². The van der Waals surface area contributed by atoms with Crippen molar-refractivity contribution < 1.29 is 0 Å². The molecule has 1 aromatic carbocycles. The van der Waals surface area contributed by atoms with E-state index in [1.54, 1.807) is 0 Å². The Hall–Kier alpha value is -1.38. The molecule has 0 aliphatic carbocycles. The molecule has 3 heteroatoms. The molecule has 0 saturated heterocycles. The zero-order valence-electron chi connectivity index (χ0n) is 5.41. The zero-order valence-corrected chi connectivity index (χ0v) is 5.41. The molecule has 0 aromatic heterocycles. The van der Waals surface area contributed by atoms with Gasteiger partial charge in [-0.25, -0.2) is 0 Å². The predicted octanol–water partition coefficient (Wildman–Crippen LogP) is 1.87. The standard InChI is InChI=1S/C7H7N3/c8-6-1-2-7-5(3-6)4-9-10-7/h1-3H,4,8H2. The highest BCUT2D eigenvalue weighted by Crippen LogP contribution is 2.27. The van der Waals surface area contributed by atoms with Crippen LogP contribution in [0, 0.1) is 0 Å². The van der Waals surface area contributed by atoms with Crippen LogP contribution in [0.2, 0.25) is 0 Å². The van der Waals surface area contributed by atoms with Gasteiger partial charge in [0.25, 0.3) is 0 Å². The molecule has 50 valence electrons. The molecule has 0 radical (unpaired) electrons. The van der Waals surface area contributed by atoms with Gasteiger partial charge in [0.1, 0.15) is 0 Å². The first-order valence-electron chi connectivity index (χ1n) is 3.12. The summed E-state index contributed by atoms with van der Waals surface area (Å²) in [6.45, 7) is 0.681. The Morgan fingerprint density at radius 1 is 1.40 bits per heavy atom. The Morgan fingerprint density at radius 2 is 2.30 bits per heavy atom. The van der Waals surface area contributed by atoms with E-state index >= 15 is 0 Å². The maximum Gasteiger partial charge on any atom is 0.0905 e. The maximum absolute atomic E-state index is 5.55. The van der Waals surface area contributed by atoms with Gasteiger partial charge in [-0.3, -0.25) is 0 Å². The van der Waals surface area contributed by atoms with Gasteiger partial charge in [0.15, 0.2) is 0 Å². The van der Waals surface area contributed by atoms with Crippen molar-refractivity contribution in [2.45, 2.75) is 6.54 Å². The Kier molecular flexibility index (Phi) is 0.974. The largest absolute Gasteiger partial charge is 0.399 e. The van der Waals surface area contributed by atoms with Gasteiger partial charge in [-0.1, -0.05) is 0 Å². The highest BCUT2D eigenvalue weighted by atomic mass is 15.1. The minimum Gasteiger partial charge on any atom is -0.399 e. The van der Waals surface area contributed by atoms with Crippen molar-refractivity contribution in [3.05, 3.63) is 23.8 Å². The molecule has 1 heterocycles. The summed E-state index contributed by atoms with van der Waals surface area (Å²) in [5.74, 6) is 0. The van der Waals surface area contributed by atoms with E-state index in [1.807, 2.05) is 18.2 Å². The monoisotopic (exact) mass is 133 g/mol.